The predicted octanol–water partition coefficient (Wildman–Crippen LogP) is 3.79. The third kappa shape index (κ3) is 5.82. The monoisotopic (exact) mass is 332 g/mol. The normalized spacial score (nSPS) is 12.3. The zero-order valence-electron chi connectivity index (χ0n) is 14.2. The van der Waals surface area contributed by atoms with Gasteiger partial charge in [0, 0.05) is 19.5 Å². The lowest BCUT2D eigenvalue weighted by atomic mass is 9.99. The number of para-hydroxylation sites is 2. The van der Waals surface area contributed by atoms with E-state index >= 15 is 0 Å². The van der Waals surface area contributed by atoms with Gasteiger partial charge >= 0.3 is 0 Å². The van der Waals surface area contributed by atoms with Crippen molar-refractivity contribution in [1.29, 1.82) is 0 Å². The zero-order chi connectivity index (χ0) is 16.5. The van der Waals surface area contributed by atoms with Crippen LogP contribution in [0.15, 0.2) is 24.3 Å². The molecule has 4 nitrogen and oxygen atoms in total. The van der Waals surface area contributed by atoms with Crippen molar-refractivity contribution in [3.63, 3.8) is 0 Å². The lowest BCUT2D eigenvalue weighted by Gasteiger charge is -2.17. The molecule has 0 saturated carbocycles. The summed E-state index contributed by atoms with van der Waals surface area (Å²) < 4.78 is 0. The molecule has 1 heterocycles. The van der Waals surface area contributed by atoms with E-state index in [1.807, 2.05) is 24.3 Å². The summed E-state index contributed by atoms with van der Waals surface area (Å²) in [5.41, 5.74) is 2.11. The van der Waals surface area contributed by atoms with Gasteiger partial charge in [-0.3, -0.25) is 0 Å². The molecule has 0 unspecified atom stereocenters. The quantitative estimate of drug-likeness (QED) is 0.612. The Morgan fingerprint density at radius 1 is 1.26 bits per heavy atom. The molecule has 1 aromatic heterocycles. The van der Waals surface area contributed by atoms with Gasteiger partial charge < -0.3 is 15.6 Å². The van der Waals surface area contributed by atoms with E-state index in [2.05, 4.69) is 34.4 Å². The largest absolute Gasteiger partial charge is 0.362 e. The first-order valence-corrected chi connectivity index (χ1v) is 9.09. The number of nitrogens with one attached hydrogen (secondary N) is 3. The minimum Gasteiger partial charge on any atom is -0.362 e. The summed E-state index contributed by atoms with van der Waals surface area (Å²) >= 11 is 5.36. The average Bonchev–Trinajstić information content (AvgIpc) is 2.97. The van der Waals surface area contributed by atoms with Crippen LogP contribution in [0.1, 0.15) is 45.4 Å². The van der Waals surface area contributed by atoms with E-state index in [0.717, 1.165) is 41.5 Å². The molecule has 2 rings (SSSR count). The van der Waals surface area contributed by atoms with Gasteiger partial charge in [-0.05, 0) is 36.7 Å². The topological polar surface area (TPSA) is 52.7 Å². The van der Waals surface area contributed by atoms with Crippen LogP contribution in [0, 0.1) is 5.92 Å². The van der Waals surface area contributed by atoms with Crippen molar-refractivity contribution in [1.82, 2.24) is 20.6 Å². The third-order valence-electron chi connectivity index (χ3n) is 4.18. The molecule has 0 fully saturated rings. The summed E-state index contributed by atoms with van der Waals surface area (Å²) in [5.74, 6) is 1.71. The molecule has 0 aliphatic heterocycles. The van der Waals surface area contributed by atoms with E-state index < -0.39 is 0 Å². The molecule has 0 amide bonds. The van der Waals surface area contributed by atoms with Crippen molar-refractivity contribution in [2.45, 2.75) is 46.0 Å². The maximum Gasteiger partial charge on any atom is 0.166 e. The molecule has 3 N–H and O–H groups in total. The number of aromatic nitrogens is 2. The number of imidazole rings is 1. The maximum absolute atomic E-state index is 5.36. The molecule has 0 saturated heterocycles. The van der Waals surface area contributed by atoms with E-state index in [0.29, 0.717) is 5.92 Å². The second kappa shape index (κ2) is 9.50. The molecule has 23 heavy (non-hydrogen) atoms. The van der Waals surface area contributed by atoms with Crippen LogP contribution in [-0.2, 0) is 6.42 Å². The molecule has 1 aromatic carbocycles. The van der Waals surface area contributed by atoms with Crippen LogP contribution < -0.4 is 10.6 Å². The minimum atomic E-state index is 0.713. The first kappa shape index (κ1) is 17.7. The summed E-state index contributed by atoms with van der Waals surface area (Å²) in [6.45, 7) is 6.24. The maximum atomic E-state index is 5.36. The van der Waals surface area contributed by atoms with Gasteiger partial charge in [0.05, 0.1) is 11.0 Å². The van der Waals surface area contributed by atoms with Crippen molar-refractivity contribution >= 4 is 28.4 Å². The van der Waals surface area contributed by atoms with Crippen LogP contribution in [0.5, 0.6) is 0 Å². The van der Waals surface area contributed by atoms with Crippen LogP contribution in [0.4, 0.5) is 0 Å². The molecule has 2 aromatic rings. The summed E-state index contributed by atoms with van der Waals surface area (Å²) in [7, 11) is 0. The Labute approximate surface area is 144 Å². The van der Waals surface area contributed by atoms with E-state index in [4.69, 9.17) is 12.2 Å². The van der Waals surface area contributed by atoms with Gasteiger partial charge in [-0.1, -0.05) is 45.2 Å². The van der Waals surface area contributed by atoms with Gasteiger partial charge in [0.2, 0.25) is 0 Å². The van der Waals surface area contributed by atoms with Crippen LogP contribution in [0.2, 0.25) is 0 Å². The number of fused-ring (bicyclic) bond motifs is 1. The highest BCUT2D eigenvalue weighted by Crippen LogP contribution is 2.11. The lowest BCUT2D eigenvalue weighted by Crippen LogP contribution is -2.38. The summed E-state index contributed by atoms with van der Waals surface area (Å²) in [5, 5.41) is 7.36. The molecule has 0 aliphatic rings. The van der Waals surface area contributed by atoms with E-state index in [1.165, 1.54) is 25.7 Å². The number of hydrogen-bond acceptors (Lipinski definition) is 2. The van der Waals surface area contributed by atoms with E-state index in [-0.39, 0.29) is 0 Å². The second-order valence-electron chi connectivity index (χ2n) is 6.00. The van der Waals surface area contributed by atoms with Crippen molar-refractivity contribution in [2.75, 3.05) is 13.1 Å². The highest BCUT2D eigenvalue weighted by atomic mass is 32.1. The number of H-pyrrole nitrogens is 1. The van der Waals surface area contributed by atoms with E-state index in [1.54, 1.807) is 0 Å². The molecule has 0 radical (unpaired) electrons. The lowest BCUT2D eigenvalue weighted by molar-refractivity contribution is 0.445. The van der Waals surface area contributed by atoms with Crippen LogP contribution >= 0.6 is 12.2 Å². The fourth-order valence-corrected chi connectivity index (χ4v) is 2.85. The standard InChI is InChI=1S/C18H28N4S/c1-3-5-8-14(4-2)13-20-18(23)19-12-11-17-21-15-9-6-7-10-16(15)22-17/h6-7,9-10,14H,3-5,8,11-13H2,1-2H3,(H,21,22)(H2,19,20,23)/t14-/m0/s1. The molecule has 126 valence electrons. The van der Waals surface area contributed by atoms with Crippen molar-refractivity contribution in [3.8, 4) is 0 Å². The Balaban J connectivity index is 1.68. The molecule has 0 aliphatic carbocycles. The summed E-state index contributed by atoms with van der Waals surface area (Å²) in [6.07, 6.45) is 5.88. The Kier molecular flexibility index (Phi) is 7.33. The molecule has 5 heteroatoms. The number of rotatable bonds is 9. The molecule has 0 bridgehead atoms. The first-order chi connectivity index (χ1) is 11.2. The van der Waals surface area contributed by atoms with Gasteiger partial charge in [-0.25, -0.2) is 4.98 Å². The van der Waals surface area contributed by atoms with Crippen molar-refractivity contribution in [3.05, 3.63) is 30.1 Å². The fraction of sp³-hybridized carbons (Fsp3) is 0.556. The smallest absolute Gasteiger partial charge is 0.166 e. The van der Waals surface area contributed by atoms with Gasteiger partial charge in [0.15, 0.2) is 5.11 Å². The zero-order valence-corrected chi connectivity index (χ0v) is 15.0. The Bertz CT molecular complexity index is 575. The minimum absolute atomic E-state index is 0.713. The van der Waals surface area contributed by atoms with Crippen LogP contribution in [-0.4, -0.2) is 28.2 Å². The predicted molar refractivity (Wildman–Crippen MR) is 102 cm³/mol. The van der Waals surface area contributed by atoms with Gasteiger partial charge in [0.25, 0.3) is 0 Å². The number of thiocarbonyl (C=S) groups is 1. The Morgan fingerprint density at radius 3 is 2.83 bits per heavy atom. The van der Waals surface area contributed by atoms with Gasteiger partial charge in [-0.15, -0.1) is 0 Å². The van der Waals surface area contributed by atoms with E-state index in [9.17, 15) is 0 Å². The molecule has 0 spiro atoms. The number of aromatic amines is 1. The summed E-state index contributed by atoms with van der Waals surface area (Å²) in [4.78, 5) is 7.91. The van der Waals surface area contributed by atoms with Crippen molar-refractivity contribution < 1.29 is 0 Å². The van der Waals surface area contributed by atoms with Crippen LogP contribution in [0.25, 0.3) is 11.0 Å². The number of benzene rings is 1. The summed E-state index contributed by atoms with van der Waals surface area (Å²) in [6, 6.07) is 8.10. The first-order valence-electron chi connectivity index (χ1n) is 8.68. The third-order valence-corrected chi connectivity index (χ3v) is 4.47. The van der Waals surface area contributed by atoms with Crippen LogP contribution in [0.3, 0.4) is 0 Å². The SMILES string of the molecule is CCCC[C@H](CC)CNC(=S)NCCc1nc2ccccc2[nH]1. The number of nitrogens with zero attached hydrogens (tertiary/aromatic N) is 1. The highest BCUT2D eigenvalue weighted by molar-refractivity contribution is 7.80. The second-order valence-corrected chi connectivity index (χ2v) is 6.41. The van der Waals surface area contributed by atoms with Gasteiger partial charge in [0.1, 0.15) is 5.82 Å². The molecular formula is C18H28N4S. The molecular weight excluding hydrogens is 304 g/mol. The number of unbranched alkanes of at least 4 members (excludes halogenated alkanes) is 1. The Morgan fingerprint density at radius 2 is 2.09 bits per heavy atom. The number of hydrogen-bond donors (Lipinski definition) is 3. The average molecular weight is 333 g/mol. The fourth-order valence-electron chi connectivity index (χ4n) is 2.66. The highest BCUT2D eigenvalue weighted by Gasteiger charge is 2.07. The Hall–Kier alpha value is -1.62. The van der Waals surface area contributed by atoms with Crippen molar-refractivity contribution in [2.24, 2.45) is 5.92 Å². The van der Waals surface area contributed by atoms with Gasteiger partial charge in [-0.2, -0.15) is 0 Å². The molecule has 1 atom stereocenters.